The zero-order chi connectivity index (χ0) is 27.2. The third-order valence-corrected chi connectivity index (χ3v) is 7.42. The number of aliphatic hydroxyl groups is 1. The summed E-state index contributed by atoms with van der Waals surface area (Å²) in [5.74, 6) is 1.53. The second-order valence-corrected chi connectivity index (χ2v) is 11.3. The van der Waals surface area contributed by atoms with Crippen LogP contribution in [0.2, 0.25) is 5.02 Å². The molecule has 202 valence electrons. The van der Waals surface area contributed by atoms with E-state index in [1.165, 1.54) is 0 Å². The van der Waals surface area contributed by atoms with Crippen LogP contribution in [0.5, 0.6) is 0 Å². The number of aromatic nitrogens is 6. The molecule has 11 heteroatoms. The number of nitrogens with one attached hydrogen (secondary N) is 1. The van der Waals surface area contributed by atoms with E-state index < -0.39 is 5.60 Å². The molecule has 4 heterocycles. The Bertz CT molecular complexity index is 1450. The summed E-state index contributed by atoms with van der Waals surface area (Å²) in [6.45, 7) is 11.7. The molecule has 0 saturated carbocycles. The van der Waals surface area contributed by atoms with Gasteiger partial charge >= 0.3 is 0 Å². The molecule has 1 aliphatic rings. The van der Waals surface area contributed by atoms with Gasteiger partial charge in [-0.2, -0.15) is 24.7 Å². The van der Waals surface area contributed by atoms with Gasteiger partial charge in [0.1, 0.15) is 5.60 Å². The Morgan fingerprint density at radius 2 is 1.95 bits per heavy atom. The first-order valence-electron chi connectivity index (χ1n) is 13.1. The molecule has 4 aromatic rings. The van der Waals surface area contributed by atoms with E-state index in [-0.39, 0.29) is 12.0 Å². The van der Waals surface area contributed by atoms with Crippen molar-refractivity contribution in [1.29, 1.82) is 0 Å². The van der Waals surface area contributed by atoms with Gasteiger partial charge in [-0.25, -0.2) is 4.68 Å². The summed E-state index contributed by atoms with van der Waals surface area (Å²) < 4.78 is 3.53. The third kappa shape index (κ3) is 5.08. The highest BCUT2D eigenvalue weighted by Gasteiger charge is 2.25. The molecule has 0 unspecified atom stereocenters. The molecule has 1 aromatic carbocycles. The Labute approximate surface area is 227 Å². The van der Waals surface area contributed by atoms with Gasteiger partial charge in [-0.3, -0.25) is 0 Å². The number of anilines is 2. The smallest absolute Gasteiger partial charge is 0.230 e. The fourth-order valence-corrected chi connectivity index (χ4v) is 5.17. The molecule has 0 bridgehead atoms. The van der Waals surface area contributed by atoms with Crippen molar-refractivity contribution >= 4 is 29.1 Å². The lowest BCUT2D eigenvalue weighted by atomic mass is 10.0. The van der Waals surface area contributed by atoms with Gasteiger partial charge in [0, 0.05) is 48.0 Å². The van der Waals surface area contributed by atoms with Crippen molar-refractivity contribution in [3.8, 4) is 5.69 Å². The summed E-state index contributed by atoms with van der Waals surface area (Å²) in [5, 5.41) is 23.9. The van der Waals surface area contributed by atoms with Gasteiger partial charge in [-0.05, 0) is 57.2 Å². The number of hydrogen-bond acceptors (Lipinski definition) is 8. The Hall–Kier alpha value is -3.21. The van der Waals surface area contributed by atoms with Crippen LogP contribution in [0.3, 0.4) is 0 Å². The van der Waals surface area contributed by atoms with Crippen LogP contribution in [0.1, 0.15) is 68.8 Å². The van der Waals surface area contributed by atoms with Crippen molar-refractivity contribution in [3.63, 3.8) is 0 Å². The van der Waals surface area contributed by atoms with Crippen LogP contribution in [0.4, 0.5) is 11.9 Å². The molecular weight excluding hydrogens is 502 g/mol. The highest BCUT2D eigenvalue weighted by atomic mass is 35.5. The van der Waals surface area contributed by atoms with Gasteiger partial charge < -0.3 is 21.1 Å². The van der Waals surface area contributed by atoms with Crippen molar-refractivity contribution in [2.45, 2.75) is 71.6 Å². The zero-order valence-electron chi connectivity index (χ0n) is 22.6. The second kappa shape index (κ2) is 10.2. The van der Waals surface area contributed by atoms with E-state index in [1.807, 2.05) is 37.5 Å². The first kappa shape index (κ1) is 26.4. The predicted molar refractivity (Wildman–Crippen MR) is 150 cm³/mol. The molecular formula is C27H36ClN9O. The maximum absolute atomic E-state index is 10.5. The minimum atomic E-state index is -1.05. The minimum Gasteiger partial charge on any atom is -0.384 e. The molecule has 0 aliphatic carbocycles. The van der Waals surface area contributed by atoms with Gasteiger partial charge in [0.05, 0.1) is 17.6 Å². The monoisotopic (exact) mass is 537 g/mol. The molecule has 1 aliphatic heterocycles. The molecule has 1 saturated heterocycles. The van der Waals surface area contributed by atoms with Crippen LogP contribution in [0.25, 0.3) is 11.3 Å². The lowest BCUT2D eigenvalue weighted by molar-refractivity contribution is 0.0728. The van der Waals surface area contributed by atoms with Crippen LogP contribution in [0, 0.1) is 6.92 Å². The lowest BCUT2D eigenvalue weighted by Gasteiger charge is -2.30. The molecule has 5 rings (SSSR count). The standard InChI is InChI=1S/C27H36ClN9O/c1-16(2)19-14-31-37-24(19)32-26(35-11-9-18(29)10-12-35)33-25(37)30-13-20-21(28)7-6-8-22(20)36-15-17(3)23(34-36)27(4,5)38/h6-8,14-16,18,38H,9-13,29H2,1-5H3,(H,30,32,33). The van der Waals surface area contributed by atoms with Crippen molar-refractivity contribution in [3.05, 3.63) is 58.0 Å². The number of nitrogens with two attached hydrogens (primary N) is 1. The summed E-state index contributed by atoms with van der Waals surface area (Å²) in [6.07, 6.45) is 5.59. The quantitative estimate of drug-likeness (QED) is 0.321. The Balaban J connectivity index is 1.52. The number of benzene rings is 1. The number of piperidine rings is 1. The maximum Gasteiger partial charge on any atom is 0.230 e. The molecule has 0 amide bonds. The summed E-state index contributed by atoms with van der Waals surface area (Å²) >= 11 is 6.71. The molecule has 38 heavy (non-hydrogen) atoms. The summed E-state index contributed by atoms with van der Waals surface area (Å²) in [7, 11) is 0. The maximum atomic E-state index is 10.5. The average Bonchev–Trinajstić information content (AvgIpc) is 3.47. The van der Waals surface area contributed by atoms with Gasteiger partial charge in [-0.1, -0.05) is 31.5 Å². The zero-order valence-corrected chi connectivity index (χ0v) is 23.4. The van der Waals surface area contributed by atoms with E-state index in [2.05, 4.69) is 34.3 Å². The normalized spacial score (nSPS) is 15.1. The van der Waals surface area contributed by atoms with Crippen LogP contribution in [-0.4, -0.2) is 53.6 Å². The van der Waals surface area contributed by atoms with Crippen LogP contribution in [0.15, 0.2) is 30.6 Å². The number of aryl methyl sites for hydroxylation is 1. The number of fused-ring (bicyclic) bond motifs is 1. The number of nitrogens with zero attached hydrogens (tertiary/aromatic N) is 7. The first-order valence-corrected chi connectivity index (χ1v) is 13.5. The molecule has 10 nitrogen and oxygen atoms in total. The minimum absolute atomic E-state index is 0.218. The average molecular weight is 538 g/mol. The highest BCUT2D eigenvalue weighted by molar-refractivity contribution is 6.31. The fraction of sp³-hybridized carbons (Fsp3) is 0.481. The second-order valence-electron chi connectivity index (χ2n) is 10.9. The van der Waals surface area contributed by atoms with E-state index in [4.69, 9.17) is 27.3 Å². The number of hydrogen-bond donors (Lipinski definition) is 3. The van der Waals surface area contributed by atoms with Crippen LogP contribution in [-0.2, 0) is 12.1 Å². The lowest BCUT2D eigenvalue weighted by Crippen LogP contribution is -2.40. The summed E-state index contributed by atoms with van der Waals surface area (Å²) in [4.78, 5) is 12.0. The SMILES string of the molecule is Cc1cn(-c2cccc(Cl)c2CNc2nc(N3CCC(N)CC3)nc3c(C(C)C)cnn23)nc1C(C)(C)O. The van der Waals surface area contributed by atoms with E-state index >= 15 is 0 Å². The highest BCUT2D eigenvalue weighted by Crippen LogP contribution is 2.29. The van der Waals surface area contributed by atoms with Crippen molar-refractivity contribution in [2.24, 2.45) is 5.73 Å². The summed E-state index contributed by atoms with van der Waals surface area (Å²) in [6, 6.07) is 5.94. The Kier molecular flexibility index (Phi) is 7.06. The largest absolute Gasteiger partial charge is 0.384 e. The molecule has 4 N–H and O–H groups in total. The molecule has 1 fully saturated rings. The molecule has 0 spiro atoms. The van der Waals surface area contributed by atoms with Gasteiger partial charge in [0.2, 0.25) is 11.9 Å². The summed E-state index contributed by atoms with van der Waals surface area (Å²) in [5.41, 5.74) is 10.1. The van der Waals surface area contributed by atoms with Crippen molar-refractivity contribution in [2.75, 3.05) is 23.3 Å². The van der Waals surface area contributed by atoms with E-state index in [9.17, 15) is 5.11 Å². The van der Waals surface area contributed by atoms with Gasteiger partial charge in [-0.15, -0.1) is 0 Å². The Morgan fingerprint density at radius 3 is 2.61 bits per heavy atom. The molecule has 3 aromatic heterocycles. The first-order chi connectivity index (χ1) is 18.0. The third-order valence-electron chi connectivity index (χ3n) is 7.07. The number of rotatable bonds is 7. The fourth-order valence-electron chi connectivity index (χ4n) is 4.94. The predicted octanol–water partition coefficient (Wildman–Crippen LogP) is 4.16. The van der Waals surface area contributed by atoms with Crippen LogP contribution < -0.4 is 16.0 Å². The topological polar surface area (TPSA) is 122 Å². The number of halogens is 1. The van der Waals surface area contributed by atoms with Gasteiger partial charge in [0.15, 0.2) is 5.65 Å². The van der Waals surface area contributed by atoms with Crippen molar-refractivity contribution in [1.82, 2.24) is 29.4 Å². The molecule has 0 atom stereocenters. The van der Waals surface area contributed by atoms with E-state index in [1.54, 1.807) is 23.0 Å². The van der Waals surface area contributed by atoms with Gasteiger partial charge in [0.25, 0.3) is 0 Å². The molecule has 0 radical (unpaired) electrons. The van der Waals surface area contributed by atoms with E-state index in [0.717, 1.165) is 54.0 Å². The van der Waals surface area contributed by atoms with E-state index in [0.29, 0.717) is 29.2 Å². The Morgan fingerprint density at radius 1 is 1.21 bits per heavy atom. The van der Waals surface area contributed by atoms with Crippen LogP contribution >= 0.6 is 11.6 Å². The van der Waals surface area contributed by atoms with Crippen molar-refractivity contribution < 1.29 is 5.11 Å².